The van der Waals surface area contributed by atoms with Gasteiger partial charge in [0.2, 0.25) is 0 Å². The molecule has 78 valence electrons. The maximum Gasteiger partial charge on any atom is 0.148 e. The smallest absolute Gasteiger partial charge is 0.148 e. The quantitative estimate of drug-likeness (QED) is 0.775. The molecule has 0 amide bonds. The van der Waals surface area contributed by atoms with E-state index in [1.165, 1.54) is 6.26 Å². The molecule has 2 N–H and O–H groups in total. The summed E-state index contributed by atoms with van der Waals surface area (Å²) in [6.07, 6.45) is 2.85. The summed E-state index contributed by atoms with van der Waals surface area (Å²) in [4.78, 5) is 4.09. The zero-order chi connectivity index (χ0) is 10.6. The van der Waals surface area contributed by atoms with E-state index >= 15 is 0 Å². The van der Waals surface area contributed by atoms with Crippen LogP contribution in [0, 0.1) is 0 Å². The maximum atomic E-state index is 11.1. The van der Waals surface area contributed by atoms with Crippen LogP contribution in [0.2, 0.25) is 0 Å². The van der Waals surface area contributed by atoms with Crippen molar-refractivity contribution in [2.24, 2.45) is 5.73 Å². The van der Waals surface area contributed by atoms with Crippen molar-refractivity contribution in [2.45, 2.75) is 5.92 Å². The van der Waals surface area contributed by atoms with Crippen LogP contribution >= 0.6 is 0 Å². The van der Waals surface area contributed by atoms with Crippen LogP contribution in [-0.4, -0.2) is 32.0 Å². The van der Waals surface area contributed by atoms with Gasteiger partial charge in [-0.2, -0.15) is 0 Å². The minimum absolute atomic E-state index is 0.0561. The second-order valence-corrected chi connectivity index (χ2v) is 5.46. The van der Waals surface area contributed by atoms with Crippen LogP contribution in [0.25, 0.3) is 0 Å². The van der Waals surface area contributed by atoms with E-state index in [-0.39, 0.29) is 11.7 Å². The molecule has 0 aliphatic rings. The molecule has 0 saturated carbocycles. The van der Waals surface area contributed by atoms with E-state index in [0.29, 0.717) is 6.54 Å². The average molecular weight is 214 g/mol. The van der Waals surface area contributed by atoms with Gasteiger partial charge in [0.05, 0.1) is 5.75 Å². The molecule has 0 aliphatic heterocycles. The number of sulfone groups is 1. The van der Waals surface area contributed by atoms with E-state index < -0.39 is 9.84 Å². The molecule has 4 nitrogen and oxygen atoms in total. The Morgan fingerprint density at radius 3 is 2.64 bits per heavy atom. The summed E-state index contributed by atoms with van der Waals surface area (Å²) in [5, 5.41) is 0. The Hall–Kier alpha value is -0.940. The number of hydrogen-bond donors (Lipinski definition) is 1. The molecule has 5 heteroatoms. The lowest BCUT2D eigenvalue weighted by Crippen LogP contribution is -2.22. The van der Waals surface area contributed by atoms with Crippen LogP contribution in [0.5, 0.6) is 0 Å². The zero-order valence-electron chi connectivity index (χ0n) is 8.05. The van der Waals surface area contributed by atoms with Crippen molar-refractivity contribution >= 4 is 9.84 Å². The van der Waals surface area contributed by atoms with Crippen molar-refractivity contribution in [1.29, 1.82) is 0 Å². The summed E-state index contributed by atoms with van der Waals surface area (Å²) in [7, 11) is -3.00. The van der Waals surface area contributed by atoms with Crippen LogP contribution in [0.15, 0.2) is 24.4 Å². The van der Waals surface area contributed by atoms with Gasteiger partial charge in [0.1, 0.15) is 9.84 Å². The lowest BCUT2D eigenvalue weighted by molar-refractivity contribution is 0.592. The highest BCUT2D eigenvalue weighted by Gasteiger charge is 2.16. The maximum absolute atomic E-state index is 11.1. The van der Waals surface area contributed by atoms with Gasteiger partial charge in [-0.05, 0) is 12.1 Å². The first-order valence-corrected chi connectivity index (χ1v) is 6.37. The number of hydrogen-bond acceptors (Lipinski definition) is 4. The van der Waals surface area contributed by atoms with Gasteiger partial charge in [-0.1, -0.05) is 6.07 Å². The second-order valence-electron chi connectivity index (χ2n) is 3.28. The molecule has 0 aromatic carbocycles. The third-order valence-corrected chi connectivity index (χ3v) is 2.90. The standard InChI is InChI=1S/C9H14N2O2S/c1-14(12,13)7-8(6-10)9-4-2-3-5-11-9/h2-5,8H,6-7,10H2,1H3. The Morgan fingerprint density at radius 2 is 2.21 bits per heavy atom. The predicted octanol–water partition coefficient (Wildman–Crippen LogP) is 0.168. The highest BCUT2D eigenvalue weighted by molar-refractivity contribution is 7.90. The van der Waals surface area contributed by atoms with Gasteiger partial charge in [0.25, 0.3) is 0 Å². The first kappa shape index (κ1) is 11.1. The summed E-state index contributed by atoms with van der Waals surface area (Å²) >= 11 is 0. The molecule has 0 aliphatic carbocycles. The Balaban J connectivity index is 2.84. The number of aromatic nitrogens is 1. The lowest BCUT2D eigenvalue weighted by Gasteiger charge is -2.12. The van der Waals surface area contributed by atoms with Gasteiger partial charge in [-0.3, -0.25) is 4.98 Å². The fourth-order valence-corrected chi connectivity index (χ4v) is 2.29. The number of nitrogens with zero attached hydrogens (tertiary/aromatic N) is 1. The third kappa shape index (κ3) is 3.43. The van der Waals surface area contributed by atoms with Crippen molar-refractivity contribution < 1.29 is 8.42 Å². The SMILES string of the molecule is CS(=O)(=O)CC(CN)c1ccccn1. The summed E-state index contributed by atoms with van der Waals surface area (Å²) in [5.74, 6) is -0.147. The zero-order valence-corrected chi connectivity index (χ0v) is 8.87. The number of nitrogens with two attached hydrogens (primary N) is 1. The largest absolute Gasteiger partial charge is 0.330 e. The van der Waals surface area contributed by atoms with E-state index in [0.717, 1.165) is 5.69 Å². The molecular formula is C9H14N2O2S. The van der Waals surface area contributed by atoms with Crippen molar-refractivity contribution in [3.05, 3.63) is 30.1 Å². The second kappa shape index (κ2) is 4.52. The first-order chi connectivity index (χ1) is 6.53. The molecule has 1 aromatic rings. The minimum atomic E-state index is -3.00. The Bertz CT molecular complexity index is 375. The fraction of sp³-hybridized carbons (Fsp3) is 0.444. The van der Waals surface area contributed by atoms with Gasteiger partial charge in [-0.15, -0.1) is 0 Å². The molecule has 0 spiro atoms. The van der Waals surface area contributed by atoms with Gasteiger partial charge in [0.15, 0.2) is 0 Å². The van der Waals surface area contributed by atoms with Crippen LogP contribution in [-0.2, 0) is 9.84 Å². The predicted molar refractivity (Wildman–Crippen MR) is 55.7 cm³/mol. The monoisotopic (exact) mass is 214 g/mol. The molecule has 1 atom stereocenters. The van der Waals surface area contributed by atoms with E-state index in [4.69, 9.17) is 5.73 Å². The van der Waals surface area contributed by atoms with Gasteiger partial charge >= 0.3 is 0 Å². The summed E-state index contributed by atoms with van der Waals surface area (Å²) in [6.45, 7) is 0.296. The van der Waals surface area contributed by atoms with Crippen molar-refractivity contribution in [1.82, 2.24) is 4.98 Å². The van der Waals surface area contributed by atoms with E-state index in [1.54, 1.807) is 18.3 Å². The fourth-order valence-electron chi connectivity index (χ4n) is 1.26. The van der Waals surface area contributed by atoms with E-state index in [1.807, 2.05) is 6.07 Å². The van der Waals surface area contributed by atoms with Crippen molar-refractivity contribution in [2.75, 3.05) is 18.6 Å². The molecule has 14 heavy (non-hydrogen) atoms. The highest BCUT2D eigenvalue weighted by atomic mass is 32.2. The highest BCUT2D eigenvalue weighted by Crippen LogP contribution is 2.13. The summed E-state index contributed by atoms with van der Waals surface area (Å²) in [6, 6.07) is 5.41. The molecular weight excluding hydrogens is 200 g/mol. The van der Waals surface area contributed by atoms with Crippen LogP contribution < -0.4 is 5.73 Å². The van der Waals surface area contributed by atoms with Gasteiger partial charge < -0.3 is 5.73 Å². The first-order valence-electron chi connectivity index (χ1n) is 4.31. The summed E-state index contributed by atoms with van der Waals surface area (Å²) < 4.78 is 22.2. The van der Waals surface area contributed by atoms with Crippen LogP contribution in [0.4, 0.5) is 0 Å². The molecule has 1 rings (SSSR count). The Labute approximate surface area is 84.1 Å². The van der Waals surface area contributed by atoms with Crippen LogP contribution in [0.3, 0.4) is 0 Å². The molecule has 0 bridgehead atoms. The van der Waals surface area contributed by atoms with Crippen LogP contribution in [0.1, 0.15) is 11.6 Å². The molecule has 0 saturated heterocycles. The van der Waals surface area contributed by atoms with Gasteiger partial charge in [-0.25, -0.2) is 8.42 Å². The third-order valence-electron chi connectivity index (χ3n) is 1.89. The normalized spacial score (nSPS) is 13.9. The Kier molecular flexibility index (Phi) is 3.60. The number of rotatable bonds is 4. The summed E-state index contributed by atoms with van der Waals surface area (Å²) in [5.41, 5.74) is 6.24. The molecule has 0 radical (unpaired) electrons. The average Bonchev–Trinajstić information content (AvgIpc) is 2.14. The van der Waals surface area contributed by atoms with Crippen molar-refractivity contribution in [3.8, 4) is 0 Å². The topological polar surface area (TPSA) is 73.0 Å². The molecule has 1 unspecified atom stereocenters. The molecule has 1 heterocycles. The van der Waals surface area contributed by atoms with E-state index in [9.17, 15) is 8.42 Å². The minimum Gasteiger partial charge on any atom is -0.330 e. The Morgan fingerprint density at radius 1 is 1.50 bits per heavy atom. The van der Waals surface area contributed by atoms with Crippen molar-refractivity contribution in [3.63, 3.8) is 0 Å². The van der Waals surface area contributed by atoms with Gasteiger partial charge in [0, 0.05) is 30.6 Å². The molecule has 0 fully saturated rings. The number of pyridine rings is 1. The van der Waals surface area contributed by atoms with E-state index in [2.05, 4.69) is 4.98 Å². The lowest BCUT2D eigenvalue weighted by atomic mass is 10.1. The molecule has 1 aromatic heterocycles.